The number of alkyl carbamates (subject to hydrolysis) is 1. The summed E-state index contributed by atoms with van der Waals surface area (Å²) in [5, 5.41) is 2.84. The summed E-state index contributed by atoms with van der Waals surface area (Å²) in [4.78, 5) is 11.9. The molecule has 2 unspecified atom stereocenters. The van der Waals surface area contributed by atoms with E-state index in [0.717, 1.165) is 18.4 Å². The molecule has 0 saturated carbocycles. The lowest BCUT2D eigenvalue weighted by Crippen LogP contribution is -2.51. The zero-order chi connectivity index (χ0) is 16.4. The van der Waals surface area contributed by atoms with Gasteiger partial charge in [-0.1, -0.05) is 30.3 Å². The van der Waals surface area contributed by atoms with Gasteiger partial charge in [0.05, 0.1) is 0 Å². The Morgan fingerprint density at radius 2 is 1.83 bits per heavy atom. The normalized spacial score (nSPS) is 27.6. The number of benzene rings is 1. The fourth-order valence-electron chi connectivity index (χ4n) is 3.54. The van der Waals surface area contributed by atoms with Crippen molar-refractivity contribution in [1.82, 2.24) is 9.62 Å². The summed E-state index contributed by atoms with van der Waals surface area (Å²) in [6, 6.07) is 9.11. The number of carbonyl (C=O) groups excluding carboxylic acids is 1. The summed E-state index contributed by atoms with van der Waals surface area (Å²) in [5.74, 6) is 0. The molecule has 2 atom stereocenters. The standard InChI is InChI=1S/C15H19ClN2O4S/c16-23(20,21)18-13-6-7-14(18)9-12(8-13)17-15(19)22-10-11-4-2-1-3-5-11/h1-5,12-14H,6-10H2,(H,17,19). The van der Waals surface area contributed by atoms with Gasteiger partial charge in [-0.3, -0.25) is 0 Å². The van der Waals surface area contributed by atoms with Crippen LogP contribution in [-0.2, 0) is 20.6 Å². The summed E-state index contributed by atoms with van der Waals surface area (Å²) < 4.78 is 29.8. The Hall–Kier alpha value is -1.31. The van der Waals surface area contributed by atoms with Crippen molar-refractivity contribution < 1.29 is 17.9 Å². The van der Waals surface area contributed by atoms with Crippen molar-refractivity contribution >= 4 is 26.0 Å². The Bertz CT molecular complexity index is 653. The molecule has 6 nitrogen and oxygen atoms in total. The molecule has 1 aromatic rings. The van der Waals surface area contributed by atoms with Crippen LogP contribution in [0.1, 0.15) is 31.2 Å². The summed E-state index contributed by atoms with van der Waals surface area (Å²) in [7, 11) is 1.80. The number of carbonyl (C=O) groups is 1. The maximum atomic E-state index is 11.9. The van der Waals surface area contributed by atoms with Crippen molar-refractivity contribution in [3.63, 3.8) is 0 Å². The van der Waals surface area contributed by atoms with Crippen LogP contribution in [0, 0.1) is 0 Å². The van der Waals surface area contributed by atoms with Crippen LogP contribution < -0.4 is 5.32 Å². The van der Waals surface area contributed by atoms with Crippen molar-refractivity contribution in [3.05, 3.63) is 35.9 Å². The fourth-order valence-corrected chi connectivity index (χ4v) is 5.31. The van der Waals surface area contributed by atoms with Crippen molar-refractivity contribution in [3.8, 4) is 0 Å². The molecule has 1 N–H and O–H groups in total. The van der Waals surface area contributed by atoms with E-state index in [9.17, 15) is 13.2 Å². The van der Waals surface area contributed by atoms with E-state index in [1.165, 1.54) is 4.31 Å². The third-order valence-electron chi connectivity index (χ3n) is 4.45. The fraction of sp³-hybridized carbons (Fsp3) is 0.533. The highest BCUT2D eigenvalue weighted by Gasteiger charge is 2.46. The molecule has 0 aliphatic carbocycles. The quantitative estimate of drug-likeness (QED) is 0.838. The molecular formula is C15H19ClN2O4S. The number of hydrogen-bond donors (Lipinski definition) is 1. The van der Waals surface area contributed by atoms with Crippen LogP contribution in [0.25, 0.3) is 0 Å². The highest BCUT2D eigenvalue weighted by Crippen LogP contribution is 2.38. The molecule has 2 bridgehead atoms. The van der Waals surface area contributed by atoms with Gasteiger partial charge >= 0.3 is 6.09 Å². The first-order chi connectivity index (χ1) is 10.9. The molecule has 2 saturated heterocycles. The van der Waals surface area contributed by atoms with E-state index in [0.29, 0.717) is 12.8 Å². The molecule has 126 valence electrons. The number of halogens is 1. The lowest BCUT2D eigenvalue weighted by molar-refractivity contribution is 0.126. The molecule has 23 heavy (non-hydrogen) atoms. The van der Waals surface area contributed by atoms with Gasteiger partial charge < -0.3 is 10.1 Å². The third kappa shape index (κ3) is 3.97. The summed E-state index contributed by atoms with van der Waals surface area (Å²) in [6.45, 7) is 0.217. The van der Waals surface area contributed by atoms with Crippen LogP contribution in [-0.4, -0.2) is 36.9 Å². The molecule has 2 aliphatic rings. The van der Waals surface area contributed by atoms with Crippen molar-refractivity contribution in [1.29, 1.82) is 0 Å². The molecule has 2 aliphatic heterocycles. The molecule has 2 heterocycles. The van der Waals surface area contributed by atoms with Gasteiger partial charge in [-0.05, 0) is 31.2 Å². The summed E-state index contributed by atoms with van der Waals surface area (Å²) in [6.07, 6.45) is 2.24. The number of fused-ring (bicyclic) bond motifs is 2. The average molecular weight is 359 g/mol. The minimum Gasteiger partial charge on any atom is -0.445 e. The summed E-state index contributed by atoms with van der Waals surface area (Å²) in [5.41, 5.74) is 0.922. The van der Waals surface area contributed by atoms with Gasteiger partial charge in [0.1, 0.15) is 6.61 Å². The van der Waals surface area contributed by atoms with Gasteiger partial charge in [-0.25, -0.2) is 4.79 Å². The minimum absolute atomic E-state index is 0.0783. The second kappa shape index (κ2) is 6.67. The zero-order valence-electron chi connectivity index (χ0n) is 12.5. The van der Waals surface area contributed by atoms with E-state index in [1.54, 1.807) is 0 Å². The van der Waals surface area contributed by atoms with Crippen LogP contribution >= 0.6 is 10.7 Å². The largest absolute Gasteiger partial charge is 0.445 e. The SMILES string of the molecule is O=C(NC1CC2CCC(C1)N2S(=O)(=O)Cl)OCc1ccccc1. The molecule has 8 heteroatoms. The first kappa shape index (κ1) is 16.5. The second-order valence-electron chi connectivity index (χ2n) is 6.03. The molecule has 3 rings (SSSR count). The number of piperidine rings is 1. The molecule has 1 aromatic carbocycles. The number of hydrogen-bond acceptors (Lipinski definition) is 4. The Morgan fingerprint density at radius 1 is 1.22 bits per heavy atom. The molecule has 0 spiro atoms. The number of rotatable bonds is 4. The van der Waals surface area contributed by atoms with Crippen LogP contribution in [0.15, 0.2) is 30.3 Å². The van der Waals surface area contributed by atoms with Gasteiger partial charge in [0.2, 0.25) is 0 Å². The highest BCUT2D eigenvalue weighted by atomic mass is 35.7. The molecule has 0 radical (unpaired) electrons. The van der Waals surface area contributed by atoms with Gasteiger partial charge in [0, 0.05) is 28.8 Å². The van der Waals surface area contributed by atoms with E-state index in [1.807, 2.05) is 30.3 Å². The maximum Gasteiger partial charge on any atom is 0.407 e. The first-order valence-electron chi connectivity index (χ1n) is 7.64. The molecule has 0 aromatic heterocycles. The van der Waals surface area contributed by atoms with E-state index in [-0.39, 0.29) is 24.7 Å². The monoisotopic (exact) mass is 358 g/mol. The van der Waals surface area contributed by atoms with Crippen LogP contribution in [0.3, 0.4) is 0 Å². The zero-order valence-corrected chi connectivity index (χ0v) is 14.1. The van der Waals surface area contributed by atoms with Gasteiger partial charge in [0.25, 0.3) is 9.24 Å². The third-order valence-corrected chi connectivity index (χ3v) is 6.03. The van der Waals surface area contributed by atoms with E-state index in [2.05, 4.69) is 5.32 Å². The number of amides is 1. The predicted molar refractivity (Wildman–Crippen MR) is 86.2 cm³/mol. The van der Waals surface area contributed by atoms with E-state index >= 15 is 0 Å². The Labute approximate surface area is 140 Å². The van der Waals surface area contributed by atoms with Gasteiger partial charge in [-0.15, -0.1) is 0 Å². The van der Waals surface area contributed by atoms with Crippen LogP contribution in [0.5, 0.6) is 0 Å². The van der Waals surface area contributed by atoms with Crippen molar-refractivity contribution in [2.75, 3.05) is 0 Å². The number of ether oxygens (including phenoxy) is 1. The molecule has 2 fully saturated rings. The van der Waals surface area contributed by atoms with Crippen molar-refractivity contribution in [2.24, 2.45) is 0 Å². The van der Waals surface area contributed by atoms with Crippen LogP contribution in [0.4, 0.5) is 4.79 Å². The minimum atomic E-state index is -3.70. The lowest BCUT2D eigenvalue weighted by Gasteiger charge is -2.36. The second-order valence-corrected chi connectivity index (χ2v) is 8.45. The lowest BCUT2D eigenvalue weighted by atomic mass is 10.00. The summed E-state index contributed by atoms with van der Waals surface area (Å²) >= 11 is 0. The Morgan fingerprint density at radius 3 is 2.39 bits per heavy atom. The van der Waals surface area contributed by atoms with Crippen molar-refractivity contribution in [2.45, 2.75) is 50.4 Å². The first-order valence-corrected chi connectivity index (χ1v) is 9.90. The van der Waals surface area contributed by atoms with E-state index in [4.69, 9.17) is 15.4 Å². The Kier molecular flexibility index (Phi) is 4.79. The number of nitrogens with zero attached hydrogens (tertiary/aromatic N) is 1. The van der Waals surface area contributed by atoms with Gasteiger partial charge in [0.15, 0.2) is 0 Å². The molecular weight excluding hydrogens is 340 g/mol. The topological polar surface area (TPSA) is 75.7 Å². The maximum absolute atomic E-state index is 11.9. The molecule has 1 amide bonds. The van der Waals surface area contributed by atoms with E-state index < -0.39 is 15.3 Å². The number of nitrogens with one attached hydrogen (secondary N) is 1. The average Bonchev–Trinajstić information content (AvgIpc) is 2.79. The van der Waals surface area contributed by atoms with Crippen LogP contribution in [0.2, 0.25) is 0 Å². The predicted octanol–water partition coefficient (Wildman–Crippen LogP) is 2.39. The Balaban J connectivity index is 1.51. The highest BCUT2D eigenvalue weighted by molar-refractivity contribution is 8.11. The van der Waals surface area contributed by atoms with Gasteiger partial charge in [-0.2, -0.15) is 12.7 Å². The smallest absolute Gasteiger partial charge is 0.407 e.